The van der Waals surface area contributed by atoms with Crippen molar-refractivity contribution in [2.75, 3.05) is 20.3 Å². The van der Waals surface area contributed by atoms with Crippen molar-refractivity contribution in [1.29, 1.82) is 0 Å². The fraction of sp³-hybridized carbons (Fsp3) is 0.308. The van der Waals surface area contributed by atoms with Crippen molar-refractivity contribution in [1.82, 2.24) is 5.32 Å². The second kappa shape index (κ2) is 11.9. The standard InChI is InChI=1S/C26H31NO2/c1-27-21-24-16-17-25(28-18-8-14-22-10-4-2-5-11-22)20-26(24)29-19-9-15-23-12-6-3-7-13-23/h2-7,10-13,16-17,20,27H,8-9,14-15,18-19,21H2,1H3. The van der Waals surface area contributed by atoms with Crippen LogP contribution < -0.4 is 14.8 Å². The first-order chi connectivity index (χ1) is 14.3. The molecule has 152 valence electrons. The van der Waals surface area contributed by atoms with E-state index in [2.05, 4.69) is 66.0 Å². The van der Waals surface area contributed by atoms with E-state index in [0.29, 0.717) is 13.2 Å². The smallest absolute Gasteiger partial charge is 0.127 e. The van der Waals surface area contributed by atoms with Crippen LogP contribution in [0.25, 0.3) is 0 Å². The van der Waals surface area contributed by atoms with Crippen LogP contribution in [0, 0.1) is 0 Å². The van der Waals surface area contributed by atoms with Crippen molar-refractivity contribution in [2.24, 2.45) is 0 Å². The van der Waals surface area contributed by atoms with Crippen molar-refractivity contribution in [2.45, 2.75) is 32.2 Å². The van der Waals surface area contributed by atoms with Crippen LogP contribution >= 0.6 is 0 Å². The number of hydrogen-bond acceptors (Lipinski definition) is 3. The molecule has 0 saturated carbocycles. The molecule has 0 aromatic heterocycles. The van der Waals surface area contributed by atoms with Gasteiger partial charge < -0.3 is 14.8 Å². The fourth-order valence-corrected chi connectivity index (χ4v) is 3.31. The highest BCUT2D eigenvalue weighted by Crippen LogP contribution is 2.25. The molecule has 0 saturated heterocycles. The summed E-state index contributed by atoms with van der Waals surface area (Å²) in [6, 6.07) is 27.2. The number of ether oxygens (including phenoxy) is 2. The Hall–Kier alpha value is -2.78. The lowest BCUT2D eigenvalue weighted by atomic mass is 10.1. The van der Waals surface area contributed by atoms with Crippen LogP contribution in [-0.4, -0.2) is 20.3 Å². The summed E-state index contributed by atoms with van der Waals surface area (Å²) >= 11 is 0. The van der Waals surface area contributed by atoms with Gasteiger partial charge in [-0.15, -0.1) is 0 Å². The molecule has 0 bridgehead atoms. The number of benzene rings is 3. The van der Waals surface area contributed by atoms with E-state index < -0.39 is 0 Å². The van der Waals surface area contributed by atoms with Crippen molar-refractivity contribution < 1.29 is 9.47 Å². The van der Waals surface area contributed by atoms with Crippen LogP contribution in [0.3, 0.4) is 0 Å². The maximum Gasteiger partial charge on any atom is 0.127 e. The average Bonchev–Trinajstić information content (AvgIpc) is 2.77. The van der Waals surface area contributed by atoms with Gasteiger partial charge in [-0.3, -0.25) is 0 Å². The minimum Gasteiger partial charge on any atom is -0.493 e. The summed E-state index contributed by atoms with van der Waals surface area (Å²) in [5.41, 5.74) is 3.86. The van der Waals surface area contributed by atoms with Gasteiger partial charge in [0.25, 0.3) is 0 Å². The van der Waals surface area contributed by atoms with E-state index in [1.54, 1.807) is 0 Å². The zero-order valence-electron chi connectivity index (χ0n) is 17.3. The Morgan fingerprint density at radius 2 is 1.28 bits per heavy atom. The number of hydrogen-bond donors (Lipinski definition) is 1. The summed E-state index contributed by atoms with van der Waals surface area (Å²) in [4.78, 5) is 0. The average molecular weight is 390 g/mol. The minimum absolute atomic E-state index is 0.697. The molecule has 3 aromatic rings. The van der Waals surface area contributed by atoms with Crippen LogP contribution in [0.15, 0.2) is 78.9 Å². The van der Waals surface area contributed by atoms with Crippen LogP contribution in [-0.2, 0) is 19.4 Å². The molecule has 1 N–H and O–H groups in total. The lowest BCUT2D eigenvalue weighted by Gasteiger charge is -2.14. The van der Waals surface area contributed by atoms with Gasteiger partial charge in [0, 0.05) is 18.2 Å². The maximum atomic E-state index is 6.11. The van der Waals surface area contributed by atoms with Crippen LogP contribution in [0.1, 0.15) is 29.5 Å². The topological polar surface area (TPSA) is 30.5 Å². The molecule has 0 aliphatic carbocycles. The summed E-state index contributed by atoms with van der Waals surface area (Å²) in [5, 5.41) is 3.21. The molecule has 3 rings (SSSR count). The summed E-state index contributed by atoms with van der Waals surface area (Å²) in [6.45, 7) is 2.18. The van der Waals surface area contributed by atoms with Gasteiger partial charge in [-0.25, -0.2) is 0 Å². The normalized spacial score (nSPS) is 10.7. The van der Waals surface area contributed by atoms with Gasteiger partial charge in [-0.2, -0.15) is 0 Å². The van der Waals surface area contributed by atoms with Gasteiger partial charge in [-0.05, 0) is 49.9 Å². The van der Waals surface area contributed by atoms with E-state index in [0.717, 1.165) is 49.3 Å². The second-order valence-electron chi connectivity index (χ2n) is 7.18. The molecule has 29 heavy (non-hydrogen) atoms. The first-order valence-corrected chi connectivity index (χ1v) is 10.5. The number of aryl methyl sites for hydroxylation is 2. The first-order valence-electron chi connectivity index (χ1n) is 10.5. The third kappa shape index (κ3) is 7.28. The molecule has 0 aliphatic rings. The van der Waals surface area contributed by atoms with Gasteiger partial charge in [0.15, 0.2) is 0 Å². The van der Waals surface area contributed by atoms with Crippen molar-refractivity contribution >= 4 is 0 Å². The first kappa shape index (κ1) is 20.9. The van der Waals surface area contributed by atoms with Gasteiger partial charge in [0.05, 0.1) is 13.2 Å². The molecule has 0 unspecified atom stereocenters. The van der Waals surface area contributed by atoms with E-state index >= 15 is 0 Å². The van der Waals surface area contributed by atoms with Gasteiger partial charge in [0.2, 0.25) is 0 Å². The van der Waals surface area contributed by atoms with Crippen molar-refractivity contribution in [3.63, 3.8) is 0 Å². The molecule has 0 amide bonds. The van der Waals surface area contributed by atoms with Gasteiger partial charge >= 0.3 is 0 Å². The van der Waals surface area contributed by atoms with E-state index in [1.165, 1.54) is 11.1 Å². The van der Waals surface area contributed by atoms with E-state index in [9.17, 15) is 0 Å². The van der Waals surface area contributed by atoms with Crippen molar-refractivity contribution in [3.8, 4) is 11.5 Å². The minimum atomic E-state index is 0.697. The van der Waals surface area contributed by atoms with Gasteiger partial charge in [0.1, 0.15) is 11.5 Å². The van der Waals surface area contributed by atoms with Crippen LogP contribution in [0.4, 0.5) is 0 Å². The van der Waals surface area contributed by atoms with E-state index in [4.69, 9.17) is 9.47 Å². The monoisotopic (exact) mass is 389 g/mol. The number of rotatable bonds is 12. The van der Waals surface area contributed by atoms with E-state index in [1.807, 2.05) is 25.2 Å². The second-order valence-corrected chi connectivity index (χ2v) is 7.18. The van der Waals surface area contributed by atoms with Crippen LogP contribution in [0.5, 0.6) is 11.5 Å². The quantitative estimate of drug-likeness (QED) is 0.419. The Morgan fingerprint density at radius 1 is 0.690 bits per heavy atom. The lowest BCUT2D eigenvalue weighted by Crippen LogP contribution is -2.09. The Bertz CT molecular complexity index is 834. The molecule has 3 heteroatoms. The molecule has 3 aromatic carbocycles. The Labute approximate surface area is 174 Å². The van der Waals surface area contributed by atoms with Crippen molar-refractivity contribution in [3.05, 3.63) is 95.6 Å². The molecule has 0 heterocycles. The molecule has 3 nitrogen and oxygen atoms in total. The third-order valence-corrected chi connectivity index (χ3v) is 4.84. The SMILES string of the molecule is CNCc1ccc(OCCCc2ccccc2)cc1OCCCc1ccccc1. The Morgan fingerprint density at radius 3 is 1.86 bits per heavy atom. The Kier molecular flexibility index (Phi) is 8.61. The highest BCUT2D eigenvalue weighted by Gasteiger charge is 2.06. The van der Waals surface area contributed by atoms with Gasteiger partial charge in [-0.1, -0.05) is 66.7 Å². The fourth-order valence-electron chi connectivity index (χ4n) is 3.31. The molecule has 0 spiro atoms. The highest BCUT2D eigenvalue weighted by molar-refractivity contribution is 5.40. The molecule has 0 radical (unpaired) electrons. The summed E-state index contributed by atoms with van der Waals surface area (Å²) in [7, 11) is 1.95. The molecule has 0 aliphatic heterocycles. The zero-order valence-corrected chi connectivity index (χ0v) is 17.3. The summed E-state index contributed by atoms with van der Waals surface area (Å²) in [5.74, 6) is 1.78. The predicted octanol–water partition coefficient (Wildman–Crippen LogP) is 5.43. The molecular formula is C26H31NO2. The predicted molar refractivity (Wildman–Crippen MR) is 120 cm³/mol. The van der Waals surface area contributed by atoms with Crippen LogP contribution in [0.2, 0.25) is 0 Å². The summed E-state index contributed by atoms with van der Waals surface area (Å²) in [6.07, 6.45) is 4.04. The highest BCUT2D eigenvalue weighted by atomic mass is 16.5. The Balaban J connectivity index is 1.48. The lowest BCUT2D eigenvalue weighted by molar-refractivity contribution is 0.293. The summed E-state index contributed by atoms with van der Waals surface area (Å²) < 4.78 is 12.1. The molecule has 0 fully saturated rings. The number of nitrogens with one attached hydrogen (secondary N) is 1. The molecule has 0 atom stereocenters. The zero-order chi connectivity index (χ0) is 20.2. The largest absolute Gasteiger partial charge is 0.493 e. The third-order valence-electron chi connectivity index (χ3n) is 4.84. The maximum absolute atomic E-state index is 6.11. The molecular weight excluding hydrogens is 358 g/mol. The van der Waals surface area contributed by atoms with E-state index in [-0.39, 0.29) is 0 Å².